The molecule has 0 aliphatic rings. The summed E-state index contributed by atoms with van der Waals surface area (Å²) in [6.07, 6.45) is -4.46. The lowest BCUT2D eigenvalue weighted by molar-refractivity contribution is -0.138. The highest BCUT2D eigenvalue weighted by molar-refractivity contribution is 7.21. The van der Waals surface area contributed by atoms with Gasteiger partial charge in [0.1, 0.15) is 17.4 Å². The molecule has 1 aromatic heterocycles. The Morgan fingerprint density at radius 1 is 1.03 bits per heavy atom. The van der Waals surface area contributed by atoms with Gasteiger partial charge in [0.2, 0.25) is 0 Å². The quantitative estimate of drug-likeness (QED) is 0.386. The summed E-state index contributed by atoms with van der Waals surface area (Å²) in [5.41, 5.74) is 2.11. The number of rotatable bonds is 6. The van der Waals surface area contributed by atoms with Crippen LogP contribution in [0.4, 0.5) is 13.2 Å². The van der Waals surface area contributed by atoms with Gasteiger partial charge in [-0.2, -0.15) is 13.2 Å². The van der Waals surface area contributed by atoms with Gasteiger partial charge in [0, 0.05) is 11.1 Å². The first-order chi connectivity index (χ1) is 14.8. The predicted octanol–water partition coefficient (Wildman–Crippen LogP) is 6.19. The van der Waals surface area contributed by atoms with Crippen LogP contribution in [0, 0.1) is 0 Å². The van der Waals surface area contributed by atoms with E-state index in [-0.39, 0.29) is 13.0 Å². The number of fused-ring (bicyclic) bond motifs is 1. The SMILES string of the molecule is O=C(O)Cc1cccc(OCc2cccc3sc(-c4ccc(C(F)(F)F)cc4)nc23)c1. The van der Waals surface area contributed by atoms with Gasteiger partial charge < -0.3 is 9.84 Å². The van der Waals surface area contributed by atoms with Crippen LogP contribution in [-0.4, -0.2) is 16.1 Å². The number of hydrogen-bond acceptors (Lipinski definition) is 4. The Balaban J connectivity index is 1.56. The van der Waals surface area contributed by atoms with Crippen molar-refractivity contribution in [3.63, 3.8) is 0 Å². The number of benzene rings is 3. The second-order valence-electron chi connectivity index (χ2n) is 6.86. The van der Waals surface area contributed by atoms with Gasteiger partial charge in [0.05, 0.1) is 22.2 Å². The van der Waals surface area contributed by atoms with E-state index in [1.165, 1.54) is 23.5 Å². The largest absolute Gasteiger partial charge is 0.489 e. The highest BCUT2D eigenvalue weighted by Crippen LogP contribution is 2.35. The maximum absolute atomic E-state index is 12.8. The molecule has 158 valence electrons. The van der Waals surface area contributed by atoms with Crippen molar-refractivity contribution >= 4 is 27.5 Å². The average molecular weight is 443 g/mol. The van der Waals surface area contributed by atoms with Gasteiger partial charge in [0.15, 0.2) is 0 Å². The molecule has 8 heteroatoms. The molecule has 0 spiro atoms. The van der Waals surface area contributed by atoms with E-state index in [2.05, 4.69) is 4.98 Å². The van der Waals surface area contributed by atoms with Crippen LogP contribution in [0.1, 0.15) is 16.7 Å². The number of carbonyl (C=O) groups is 1. The zero-order chi connectivity index (χ0) is 22.0. The second kappa shape index (κ2) is 8.39. The van der Waals surface area contributed by atoms with Crippen LogP contribution in [-0.2, 0) is 24.0 Å². The Labute approximate surface area is 179 Å². The summed E-state index contributed by atoms with van der Waals surface area (Å²) in [5.74, 6) is -0.367. The second-order valence-corrected chi connectivity index (χ2v) is 7.90. The number of thiazole rings is 1. The van der Waals surface area contributed by atoms with Gasteiger partial charge in [-0.3, -0.25) is 4.79 Å². The summed E-state index contributed by atoms with van der Waals surface area (Å²) in [5, 5.41) is 9.56. The molecule has 0 fully saturated rings. The normalized spacial score (nSPS) is 11.6. The highest BCUT2D eigenvalue weighted by atomic mass is 32.1. The van der Waals surface area contributed by atoms with Crippen molar-refractivity contribution in [1.29, 1.82) is 0 Å². The molecule has 31 heavy (non-hydrogen) atoms. The van der Waals surface area contributed by atoms with Gasteiger partial charge in [-0.15, -0.1) is 11.3 Å². The van der Waals surface area contributed by atoms with Crippen molar-refractivity contribution in [1.82, 2.24) is 4.98 Å². The molecule has 0 saturated heterocycles. The van der Waals surface area contributed by atoms with E-state index in [4.69, 9.17) is 9.84 Å². The Morgan fingerprint density at radius 3 is 2.48 bits per heavy atom. The standard InChI is InChI=1S/C23H16F3NO3S/c24-23(25,26)17-9-7-15(8-10-17)22-27-21-16(4-2-6-19(21)31-22)13-30-18-5-1-3-14(11-18)12-20(28)29/h1-11H,12-13H2,(H,28,29). The first-order valence-corrected chi connectivity index (χ1v) is 10.1. The number of aromatic nitrogens is 1. The number of nitrogens with zero attached hydrogens (tertiary/aromatic N) is 1. The molecule has 0 radical (unpaired) electrons. The van der Waals surface area contributed by atoms with E-state index >= 15 is 0 Å². The maximum Gasteiger partial charge on any atom is 0.416 e. The number of para-hydroxylation sites is 1. The number of aliphatic carboxylic acids is 1. The third kappa shape index (κ3) is 4.86. The van der Waals surface area contributed by atoms with Gasteiger partial charge in [-0.25, -0.2) is 4.98 Å². The monoisotopic (exact) mass is 443 g/mol. The van der Waals surface area contributed by atoms with E-state index in [9.17, 15) is 18.0 Å². The number of ether oxygens (including phenoxy) is 1. The molecule has 4 rings (SSSR count). The van der Waals surface area contributed by atoms with Crippen molar-refractivity contribution in [2.45, 2.75) is 19.2 Å². The third-order valence-corrected chi connectivity index (χ3v) is 5.68. The molecule has 0 saturated carbocycles. The van der Waals surface area contributed by atoms with E-state index in [0.717, 1.165) is 27.9 Å². The summed E-state index contributed by atoms with van der Waals surface area (Å²) in [6, 6.07) is 17.5. The lowest BCUT2D eigenvalue weighted by Gasteiger charge is -2.08. The minimum absolute atomic E-state index is 0.0879. The number of halogens is 3. The molecule has 4 nitrogen and oxygen atoms in total. The molecule has 1 heterocycles. The predicted molar refractivity (Wildman–Crippen MR) is 112 cm³/mol. The first kappa shape index (κ1) is 20.9. The van der Waals surface area contributed by atoms with Crippen LogP contribution in [0.2, 0.25) is 0 Å². The molecule has 1 N–H and O–H groups in total. The summed E-state index contributed by atoms with van der Waals surface area (Å²) in [6.45, 7) is 0.226. The highest BCUT2D eigenvalue weighted by Gasteiger charge is 2.30. The first-order valence-electron chi connectivity index (χ1n) is 9.29. The maximum atomic E-state index is 12.8. The Hall–Kier alpha value is -3.39. The van der Waals surface area contributed by atoms with E-state index in [1.807, 2.05) is 18.2 Å². The van der Waals surface area contributed by atoms with Crippen molar-refractivity contribution in [2.24, 2.45) is 0 Å². The molecular formula is C23H16F3NO3S. The Morgan fingerprint density at radius 2 is 1.77 bits per heavy atom. The van der Waals surface area contributed by atoms with Gasteiger partial charge in [-0.05, 0) is 35.9 Å². The summed E-state index contributed by atoms with van der Waals surface area (Å²) >= 11 is 1.40. The van der Waals surface area contributed by atoms with Gasteiger partial charge >= 0.3 is 12.1 Å². The van der Waals surface area contributed by atoms with Crippen LogP contribution in [0.3, 0.4) is 0 Å². The van der Waals surface area contributed by atoms with Crippen LogP contribution in [0.5, 0.6) is 5.75 Å². The van der Waals surface area contributed by atoms with Crippen LogP contribution < -0.4 is 4.74 Å². The fraction of sp³-hybridized carbons (Fsp3) is 0.130. The summed E-state index contributed by atoms with van der Waals surface area (Å²) in [7, 11) is 0. The number of carboxylic acid groups (broad SMARTS) is 1. The molecule has 0 amide bonds. The van der Waals surface area contributed by atoms with Gasteiger partial charge in [0.25, 0.3) is 0 Å². The number of hydrogen-bond donors (Lipinski definition) is 1. The Bertz CT molecular complexity index is 1230. The van der Waals surface area contributed by atoms with Crippen LogP contribution in [0.15, 0.2) is 66.7 Å². The molecule has 0 aliphatic carbocycles. The smallest absolute Gasteiger partial charge is 0.416 e. The van der Waals surface area contributed by atoms with Crippen molar-refractivity contribution < 1.29 is 27.8 Å². The van der Waals surface area contributed by atoms with E-state index in [0.29, 0.717) is 21.9 Å². The summed E-state index contributed by atoms with van der Waals surface area (Å²) < 4.78 is 45.1. The van der Waals surface area contributed by atoms with E-state index < -0.39 is 17.7 Å². The third-order valence-electron chi connectivity index (χ3n) is 4.61. The summed E-state index contributed by atoms with van der Waals surface area (Å²) in [4.78, 5) is 15.5. The zero-order valence-corrected chi connectivity index (χ0v) is 16.8. The molecule has 0 bridgehead atoms. The van der Waals surface area contributed by atoms with Crippen molar-refractivity contribution in [3.05, 3.63) is 83.4 Å². The van der Waals surface area contributed by atoms with Crippen LogP contribution in [0.25, 0.3) is 20.8 Å². The minimum Gasteiger partial charge on any atom is -0.489 e. The van der Waals surface area contributed by atoms with E-state index in [1.54, 1.807) is 24.3 Å². The molecular weight excluding hydrogens is 427 g/mol. The molecule has 4 aromatic rings. The lowest BCUT2D eigenvalue weighted by Crippen LogP contribution is -2.03. The molecule has 0 atom stereocenters. The number of alkyl halides is 3. The topological polar surface area (TPSA) is 59.4 Å². The minimum atomic E-state index is -4.38. The fourth-order valence-electron chi connectivity index (χ4n) is 3.13. The molecule has 0 aliphatic heterocycles. The van der Waals surface area contributed by atoms with Crippen LogP contribution >= 0.6 is 11.3 Å². The molecule has 0 unspecified atom stereocenters. The fourth-order valence-corrected chi connectivity index (χ4v) is 4.15. The Kier molecular flexibility index (Phi) is 5.65. The van der Waals surface area contributed by atoms with Crippen molar-refractivity contribution in [2.75, 3.05) is 0 Å². The zero-order valence-electron chi connectivity index (χ0n) is 16.0. The molecule has 3 aromatic carbocycles. The lowest BCUT2D eigenvalue weighted by atomic mass is 10.1. The van der Waals surface area contributed by atoms with Gasteiger partial charge in [-0.1, -0.05) is 36.4 Å². The number of carboxylic acids is 1. The average Bonchev–Trinajstić information content (AvgIpc) is 3.16. The van der Waals surface area contributed by atoms with Crippen molar-refractivity contribution in [3.8, 4) is 16.3 Å².